The molecule has 0 radical (unpaired) electrons. The van der Waals surface area contributed by atoms with Gasteiger partial charge in [-0.05, 0) is 26.0 Å². The summed E-state index contributed by atoms with van der Waals surface area (Å²) in [6, 6.07) is 7.04. The Morgan fingerprint density at radius 3 is 2.67 bits per heavy atom. The molecule has 78 valence electrons. The molecule has 2 aromatic rings. The smallest absolute Gasteiger partial charge is 0.258 e. The minimum absolute atomic E-state index is 0.224. The summed E-state index contributed by atoms with van der Waals surface area (Å²) in [6.07, 6.45) is 0. The molecule has 0 aliphatic rings. The third kappa shape index (κ3) is 1.76. The molecular formula is C11H12N2O2. The van der Waals surface area contributed by atoms with E-state index < -0.39 is 5.60 Å². The van der Waals surface area contributed by atoms with Crippen molar-refractivity contribution in [3.63, 3.8) is 0 Å². The quantitative estimate of drug-likeness (QED) is 0.732. The summed E-state index contributed by atoms with van der Waals surface area (Å²) in [5, 5.41) is 10.3. The Balaban J connectivity index is 2.79. The van der Waals surface area contributed by atoms with E-state index in [1.54, 1.807) is 32.0 Å². The Morgan fingerprint density at radius 2 is 2.00 bits per heavy atom. The SMILES string of the molecule is CC(C)(O)c1nc2ccccc2c(=O)[nH]1. The minimum Gasteiger partial charge on any atom is -0.383 e. The van der Waals surface area contributed by atoms with Gasteiger partial charge < -0.3 is 10.1 Å². The van der Waals surface area contributed by atoms with Gasteiger partial charge in [0.15, 0.2) is 0 Å². The normalized spacial score (nSPS) is 11.9. The first-order valence-electron chi connectivity index (χ1n) is 4.70. The number of nitrogens with zero attached hydrogens (tertiary/aromatic N) is 1. The van der Waals surface area contributed by atoms with Gasteiger partial charge in [-0.15, -0.1) is 0 Å². The van der Waals surface area contributed by atoms with Crippen LogP contribution in [0.15, 0.2) is 29.1 Å². The molecular weight excluding hydrogens is 192 g/mol. The van der Waals surface area contributed by atoms with Gasteiger partial charge in [0.25, 0.3) is 5.56 Å². The van der Waals surface area contributed by atoms with Crippen molar-refractivity contribution in [2.24, 2.45) is 0 Å². The second-order valence-electron chi connectivity index (χ2n) is 3.99. The van der Waals surface area contributed by atoms with E-state index in [9.17, 15) is 9.90 Å². The molecule has 0 amide bonds. The molecule has 2 rings (SSSR count). The van der Waals surface area contributed by atoms with Crippen molar-refractivity contribution >= 4 is 10.9 Å². The first-order chi connectivity index (χ1) is 6.98. The number of nitrogens with one attached hydrogen (secondary N) is 1. The summed E-state index contributed by atoms with van der Waals surface area (Å²) in [5.41, 5.74) is -0.764. The molecule has 0 unspecified atom stereocenters. The molecule has 0 bridgehead atoms. The van der Waals surface area contributed by atoms with E-state index in [1.807, 2.05) is 6.07 Å². The van der Waals surface area contributed by atoms with Gasteiger partial charge in [0.2, 0.25) is 0 Å². The van der Waals surface area contributed by atoms with Crippen LogP contribution in [0, 0.1) is 0 Å². The summed E-state index contributed by atoms with van der Waals surface area (Å²) in [7, 11) is 0. The fourth-order valence-electron chi connectivity index (χ4n) is 1.38. The number of aromatic amines is 1. The number of aromatic nitrogens is 2. The average Bonchev–Trinajstić information content (AvgIpc) is 2.16. The van der Waals surface area contributed by atoms with E-state index in [0.717, 1.165) is 0 Å². The van der Waals surface area contributed by atoms with E-state index >= 15 is 0 Å². The van der Waals surface area contributed by atoms with Gasteiger partial charge in [-0.2, -0.15) is 0 Å². The number of aliphatic hydroxyl groups is 1. The summed E-state index contributed by atoms with van der Waals surface area (Å²) in [4.78, 5) is 18.4. The van der Waals surface area contributed by atoms with Gasteiger partial charge in [0.1, 0.15) is 11.4 Å². The molecule has 1 heterocycles. The zero-order valence-corrected chi connectivity index (χ0v) is 8.61. The summed E-state index contributed by atoms with van der Waals surface area (Å²) in [6.45, 7) is 3.17. The number of hydrogen-bond acceptors (Lipinski definition) is 3. The number of hydrogen-bond donors (Lipinski definition) is 2. The topological polar surface area (TPSA) is 66.0 Å². The highest BCUT2D eigenvalue weighted by atomic mass is 16.3. The van der Waals surface area contributed by atoms with E-state index in [-0.39, 0.29) is 11.4 Å². The number of benzene rings is 1. The number of fused-ring (bicyclic) bond motifs is 1. The molecule has 2 N–H and O–H groups in total. The number of para-hydroxylation sites is 1. The van der Waals surface area contributed by atoms with Crippen LogP contribution >= 0.6 is 0 Å². The van der Waals surface area contributed by atoms with Crippen molar-refractivity contribution in [2.75, 3.05) is 0 Å². The summed E-state index contributed by atoms with van der Waals surface area (Å²) >= 11 is 0. The molecule has 0 saturated heterocycles. The van der Waals surface area contributed by atoms with Crippen LogP contribution in [-0.2, 0) is 5.60 Å². The van der Waals surface area contributed by atoms with Crippen LogP contribution < -0.4 is 5.56 Å². The molecule has 0 fully saturated rings. The molecule has 0 aliphatic heterocycles. The molecule has 15 heavy (non-hydrogen) atoms. The lowest BCUT2D eigenvalue weighted by atomic mass is 10.1. The molecule has 0 spiro atoms. The lowest BCUT2D eigenvalue weighted by Crippen LogP contribution is -2.24. The standard InChI is InChI=1S/C11H12N2O2/c1-11(2,15)10-12-8-6-4-3-5-7(8)9(14)13-10/h3-6,15H,1-2H3,(H,12,13,14). The molecule has 4 heteroatoms. The fourth-order valence-corrected chi connectivity index (χ4v) is 1.38. The van der Waals surface area contributed by atoms with Crippen LogP contribution in [0.1, 0.15) is 19.7 Å². The molecule has 0 atom stereocenters. The molecule has 1 aromatic heterocycles. The van der Waals surface area contributed by atoms with Crippen molar-refractivity contribution in [3.05, 3.63) is 40.4 Å². The van der Waals surface area contributed by atoms with E-state index in [4.69, 9.17) is 0 Å². The minimum atomic E-state index is -1.14. The van der Waals surface area contributed by atoms with Crippen molar-refractivity contribution in [1.82, 2.24) is 9.97 Å². The van der Waals surface area contributed by atoms with Gasteiger partial charge in [-0.3, -0.25) is 4.79 Å². The van der Waals surface area contributed by atoms with E-state index in [2.05, 4.69) is 9.97 Å². The maximum absolute atomic E-state index is 11.6. The van der Waals surface area contributed by atoms with Crippen LogP contribution in [0.3, 0.4) is 0 Å². The van der Waals surface area contributed by atoms with Crippen molar-refractivity contribution in [3.8, 4) is 0 Å². The Kier molecular flexibility index (Phi) is 2.08. The molecule has 0 aliphatic carbocycles. The Labute approximate surface area is 86.6 Å². The van der Waals surface area contributed by atoms with Crippen LogP contribution in [-0.4, -0.2) is 15.1 Å². The predicted octanol–water partition coefficient (Wildman–Crippen LogP) is 1.15. The van der Waals surface area contributed by atoms with Crippen LogP contribution in [0.2, 0.25) is 0 Å². The van der Waals surface area contributed by atoms with Crippen LogP contribution in [0.5, 0.6) is 0 Å². The highest BCUT2D eigenvalue weighted by Gasteiger charge is 2.19. The highest BCUT2D eigenvalue weighted by Crippen LogP contribution is 2.15. The molecule has 0 saturated carbocycles. The summed E-state index contributed by atoms with van der Waals surface area (Å²) < 4.78 is 0. The third-order valence-electron chi connectivity index (χ3n) is 2.19. The number of H-pyrrole nitrogens is 1. The van der Waals surface area contributed by atoms with Crippen molar-refractivity contribution < 1.29 is 5.11 Å². The first-order valence-corrected chi connectivity index (χ1v) is 4.70. The lowest BCUT2D eigenvalue weighted by Gasteiger charge is -2.15. The second-order valence-corrected chi connectivity index (χ2v) is 3.99. The van der Waals surface area contributed by atoms with Crippen molar-refractivity contribution in [1.29, 1.82) is 0 Å². The van der Waals surface area contributed by atoms with Gasteiger partial charge in [-0.1, -0.05) is 12.1 Å². The van der Waals surface area contributed by atoms with Gasteiger partial charge in [0, 0.05) is 0 Å². The van der Waals surface area contributed by atoms with Gasteiger partial charge in [-0.25, -0.2) is 4.98 Å². The van der Waals surface area contributed by atoms with Crippen molar-refractivity contribution in [2.45, 2.75) is 19.4 Å². The number of rotatable bonds is 1. The molecule has 1 aromatic carbocycles. The Morgan fingerprint density at radius 1 is 1.33 bits per heavy atom. The maximum atomic E-state index is 11.6. The van der Waals surface area contributed by atoms with E-state index in [0.29, 0.717) is 10.9 Å². The lowest BCUT2D eigenvalue weighted by molar-refractivity contribution is 0.0688. The first kappa shape index (κ1) is 9.86. The monoisotopic (exact) mass is 204 g/mol. The Bertz CT molecular complexity index is 552. The maximum Gasteiger partial charge on any atom is 0.258 e. The third-order valence-corrected chi connectivity index (χ3v) is 2.19. The second kappa shape index (κ2) is 3.17. The zero-order chi connectivity index (χ0) is 11.1. The van der Waals surface area contributed by atoms with E-state index in [1.165, 1.54) is 0 Å². The van der Waals surface area contributed by atoms with Crippen LogP contribution in [0.4, 0.5) is 0 Å². The van der Waals surface area contributed by atoms with Crippen LogP contribution in [0.25, 0.3) is 10.9 Å². The largest absolute Gasteiger partial charge is 0.383 e. The molecule has 4 nitrogen and oxygen atoms in total. The van der Waals surface area contributed by atoms with Gasteiger partial charge >= 0.3 is 0 Å². The predicted molar refractivity (Wildman–Crippen MR) is 57.6 cm³/mol. The summed E-state index contributed by atoms with van der Waals surface area (Å²) in [5.74, 6) is 0.284. The zero-order valence-electron chi connectivity index (χ0n) is 8.61. The fraction of sp³-hybridized carbons (Fsp3) is 0.273. The Hall–Kier alpha value is -1.68. The average molecular weight is 204 g/mol. The highest BCUT2D eigenvalue weighted by molar-refractivity contribution is 5.77. The van der Waals surface area contributed by atoms with Gasteiger partial charge in [0.05, 0.1) is 10.9 Å².